The zero-order chi connectivity index (χ0) is 17.8. The second-order valence-electron chi connectivity index (χ2n) is 5.75. The second kappa shape index (κ2) is 7.21. The predicted octanol–water partition coefficient (Wildman–Crippen LogP) is 1.75. The number of carbonyl (C=O) groups is 2. The maximum absolute atomic E-state index is 12.8. The van der Waals surface area contributed by atoms with E-state index in [9.17, 15) is 9.59 Å². The number of hydrazone groups is 1. The van der Waals surface area contributed by atoms with Gasteiger partial charge in [-0.15, -0.1) is 0 Å². The Morgan fingerprint density at radius 1 is 1.28 bits per heavy atom. The molecule has 0 spiro atoms. The Bertz CT molecular complexity index is 771. The molecular weight excluding hydrogens is 320 g/mol. The smallest absolute Gasteiger partial charge is 0.270 e. The molecule has 0 unspecified atom stereocenters. The summed E-state index contributed by atoms with van der Waals surface area (Å²) in [7, 11) is 0. The van der Waals surface area contributed by atoms with Crippen molar-refractivity contribution >= 4 is 23.2 Å². The van der Waals surface area contributed by atoms with Crippen molar-refractivity contribution in [3.8, 4) is 0 Å². The van der Waals surface area contributed by atoms with E-state index in [0.717, 1.165) is 5.69 Å². The van der Waals surface area contributed by atoms with Crippen LogP contribution in [0.1, 0.15) is 19.1 Å². The lowest BCUT2D eigenvalue weighted by atomic mass is 10.1. The van der Waals surface area contributed by atoms with Gasteiger partial charge in [0.15, 0.2) is 0 Å². The summed E-state index contributed by atoms with van der Waals surface area (Å²) in [5.41, 5.74) is 6.56. The first-order valence-electron chi connectivity index (χ1n) is 8.13. The zero-order valence-electron chi connectivity index (χ0n) is 14.0. The topological polar surface area (TPSA) is 92.1 Å². The van der Waals surface area contributed by atoms with Crippen LogP contribution in [-0.2, 0) is 16.1 Å². The van der Waals surface area contributed by atoms with Gasteiger partial charge in [-0.2, -0.15) is 5.10 Å². The summed E-state index contributed by atoms with van der Waals surface area (Å²) in [4.78, 5) is 26.3. The van der Waals surface area contributed by atoms with Gasteiger partial charge in [-0.05, 0) is 31.2 Å². The maximum Gasteiger partial charge on any atom is 0.270 e. The molecule has 1 atom stereocenters. The van der Waals surface area contributed by atoms with Gasteiger partial charge in [0, 0.05) is 13.0 Å². The van der Waals surface area contributed by atoms with E-state index < -0.39 is 11.9 Å². The van der Waals surface area contributed by atoms with Gasteiger partial charge in [-0.3, -0.25) is 14.6 Å². The number of anilines is 1. The number of carbonyl (C=O) groups excluding carboxylic acids is 2. The van der Waals surface area contributed by atoms with E-state index in [2.05, 4.69) is 5.10 Å². The monoisotopic (exact) mass is 340 g/mol. The minimum atomic E-state index is -0.663. The van der Waals surface area contributed by atoms with Crippen molar-refractivity contribution < 1.29 is 14.0 Å². The van der Waals surface area contributed by atoms with Crippen molar-refractivity contribution in [2.45, 2.75) is 25.9 Å². The molecule has 3 rings (SSSR count). The van der Waals surface area contributed by atoms with Crippen LogP contribution in [-0.4, -0.2) is 35.0 Å². The average molecular weight is 340 g/mol. The van der Waals surface area contributed by atoms with Crippen LogP contribution < -0.4 is 10.7 Å². The number of benzene rings is 1. The van der Waals surface area contributed by atoms with E-state index in [-0.39, 0.29) is 12.3 Å². The molecule has 1 aliphatic rings. The van der Waals surface area contributed by atoms with Crippen molar-refractivity contribution in [3.63, 3.8) is 0 Å². The molecule has 7 nitrogen and oxygen atoms in total. The van der Waals surface area contributed by atoms with Crippen LogP contribution >= 0.6 is 0 Å². The highest BCUT2D eigenvalue weighted by Crippen LogP contribution is 2.25. The summed E-state index contributed by atoms with van der Waals surface area (Å²) < 4.78 is 5.31. The summed E-state index contributed by atoms with van der Waals surface area (Å²) in [6, 6.07) is 12.1. The van der Waals surface area contributed by atoms with E-state index in [0.29, 0.717) is 24.6 Å². The lowest BCUT2D eigenvalue weighted by molar-refractivity contribution is -0.124. The highest BCUT2D eigenvalue weighted by Gasteiger charge is 2.36. The normalized spacial score (nSPS) is 16.6. The number of nitrogens with two attached hydrogens (primary N) is 1. The Morgan fingerprint density at radius 3 is 2.64 bits per heavy atom. The van der Waals surface area contributed by atoms with Crippen LogP contribution in [0.5, 0.6) is 0 Å². The molecule has 1 aromatic heterocycles. The molecule has 0 bridgehead atoms. The van der Waals surface area contributed by atoms with Gasteiger partial charge in [0.1, 0.15) is 17.5 Å². The molecule has 25 heavy (non-hydrogen) atoms. The van der Waals surface area contributed by atoms with E-state index in [1.807, 2.05) is 43.3 Å². The summed E-state index contributed by atoms with van der Waals surface area (Å²) in [5, 5.41) is 5.91. The van der Waals surface area contributed by atoms with Crippen molar-refractivity contribution in [3.05, 3.63) is 54.5 Å². The fraction of sp³-hybridized carbons (Fsp3) is 0.278. The molecule has 0 fully saturated rings. The van der Waals surface area contributed by atoms with Gasteiger partial charge in [0.05, 0.1) is 18.5 Å². The summed E-state index contributed by atoms with van der Waals surface area (Å²) in [6.07, 6.45) is 1.76. The van der Waals surface area contributed by atoms with Crippen LogP contribution in [0.25, 0.3) is 0 Å². The van der Waals surface area contributed by atoms with Crippen LogP contribution in [0.4, 0.5) is 5.69 Å². The van der Waals surface area contributed by atoms with Gasteiger partial charge >= 0.3 is 0 Å². The van der Waals surface area contributed by atoms with Crippen LogP contribution in [0.2, 0.25) is 0 Å². The van der Waals surface area contributed by atoms with Crippen molar-refractivity contribution in [2.24, 2.45) is 10.8 Å². The summed E-state index contributed by atoms with van der Waals surface area (Å²) >= 11 is 0. The second-order valence-corrected chi connectivity index (χ2v) is 5.75. The predicted molar refractivity (Wildman–Crippen MR) is 93.8 cm³/mol. The highest BCUT2D eigenvalue weighted by atomic mass is 16.3. The van der Waals surface area contributed by atoms with E-state index in [1.54, 1.807) is 17.2 Å². The number of primary amides is 1. The number of hydrogen-bond donors (Lipinski definition) is 1. The maximum atomic E-state index is 12.8. The molecule has 1 aromatic carbocycles. The van der Waals surface area contributed by atoms with Crippen molar-refractivity contribution in [1.29, 1.82) is 0 Å². The first-order chi connectivity index (χ1) is 12.1. The van der Waals surface area contributed by atoms with Crippen LogP contribution in [0, 0.1) is 0 Å². The Kier molecular flexibility index (Phi) is 4.83. The quantitative estimate of drug-likeness (QED) is 0.867. The van der Waals surface area contributed by atoms with Gasteiger partial charge < -0.3 is 15.1 Å². The third-order valence-corrected chi connectivity index (χ3v) is 4.10. The molecule has 2 aromatic rings. The molecule has 0 saturated heterocycles. The largest absolute Gasteiger partial charge is 0.467 e. The Hall–Kier alpha value is -3.09. The van der Waals surface area contributed by atoms with Crippen molar-refractivity contribution in [2.75, 3.05) is 11.6 Å². The molecule has 2 amide bonds. The molecule has 130 valence electrons. The Morgan fingerprint density at radius 2 is 2.04 bits per heavy atom. The standard InChI is InChI=1S/C18H20N4O3/c1-2-21(12-14-9-6-10-25-14)18(24)15-11-16(17(19)23)22(20-15)13-7-4-3-5-8-13/h3-10,16H,2,11-12H2,1H3,(H2,19,23)/t16-/m1/s1. The van der Waals surface area contributed by atoms with Gasteiger partial charge in [-0.1, -0.05) is 18.2 Å². The lowest BCUT2D eigenvalue weighted by Gasteiger charge is -2.20. The van der Waals surface area contributed by atoms with Gasteiger partial charge in [-0.25, -0.2) is 0 Å². The fourth-order valence-corrected chi connectivity index (χ4v) is 2.78. The first-order valence-corrected chi connectivity index (χ1v) is 8.13. The number of rotatable bonds is 6. The van der Waals surface area contributed by atoms with Crippen molar-refractivity contribution in [1.82, 2.24) is 4.90 Å². The third-order valence-electron chi connectivity index (χ3n) is 4.10. The number of furan rings is 1. The SMILES string of the molecule is CCN(Cc1ccco1)C(=O)C1=NN(c2ccccc2)[C@@H](C(N)=O)C1. The van der Waals surface area contributed by atoms with Gasteiger partial charge in [0.25, 0.3) is 5.91 Å². The molecule has 2 heterocycles. The molecule has 0 radical (unpaired) electrons. The lowest BCUT2D eigenvalue weighted by Crippen LogP contribution is -2.40. The zero-order valence-corrected chi connectivity index (χ0v) is 14.0. The minimum Gasteiger partial charge on any atom is -0.467 e. The Balaban J connectivity index is 1.83. The number of nitrogens with zero attached hydrogens (tertiary/aromatic N) is 3. The third kappa shape index (κ3) is 3.55. The Labute approximate surface area is 145 Å². The molecule has 1 aliphatic heterocycles. The number of para-hydroxylation sites is 1. The average Bonchev–Trinajstić information content (AvgIpc) is 3.29. The van der Waals surface area contributed by atoms with Gasteiger partial charge in [0.2, 0.25) is 5.91 Å². The molecule has 7 heteroatoms. The van der Waals surface area contributed by atoms with E-state index in [1.165, 1.54) is 5.01 Å². The molecule has 0 aliphatic carbocycles. The summed E-state index contributed by atoms with van der Waals surface area (Å²) in [5.74, 6) is -0.0340. The molecule has 0 saturated carbocycles. The van der Waals surface area contributed by atoms with Crippen LogP contribution in [0.15, 0.2) is 58.2 Å². The summed E-state index contributed by atoms with van der Waals surface area (Å²) in [6.45, 7) is 2.75. The molecular formula is C18H20N4O3. The van der Waals surface area contributed by atoms with E-state index in [4.69, 9.17) is 10.2 Å². The minimum absolute atomic E-state index is 0.192. The molecule has 2 N–H and O–H groups in total. The van der Waals surface area contributed by atoms with Crippen LogP contribution in [0.3, 0.4) is 0 Å². The number of amides is 2. The first kappa shape index (κ1) is 16.8. The number of hydrogen-bond acceptors (Lipinski definition) is 5. The van der Waals surface area contributed by atoms with E-state index >= 15 is 0 Å². The fourth-order valence-electron chi connectivity index (χ4n) is 2.78. The highest BCUT2D eigenvalue weighted by molar-refractivity contribution is 6.40.